The molecular weight excluding hydrogens is 382 g/mol. The molecule has 150 valence electrons. The zero-order valence-electron chi connectivity index (χ0n) is 15.3. The number of nitrogens with zero attached hydrogens (tertiary/aromatic N) is 2. The van der Waals surface area contributed by atoms with E-state index in [9.17, 15) is 20.1 Å². The van der Waals surface area contributed by atoms with Crippen LogP contribution < -0.4 is 5.69 Å². The number of benzene rings is 2. The Labute approximate surface area is 168 Å². The second kappa shape index (κ2) is 8.26. The van der Waals surface area contributed by atoms with Crippen LogP contribution >= 0.6 is 12.4 Å². The average molecular weight is 406 g/mol. The van der Waals surface area contributed by atoms with Crippen molar-refractivity contribution >= 4 is 23.4 Å². The van der Waals surface area contributed by atoms with E-state index in [1.54, 1.807) is 0 Å². The highest BCUT2D eigenvalue weighted by molar-refractivity contribution is 5.85. The van der Waals surface area contributed by atoms with E-state index in [4.69, 9.17) is 0 Å². The summed E-state index contributed by atoms with van der Waals surface area (Å²) in [6.07, 6.45) is 0.842. The van der Waals surface area contributed by atoms with Gasteiger partial charge in [0, 0.05) is 31.7 Å². The monoisotopic (exact) mass is 405 g/mol. The Morgan fingerprint density at radius 2 is 1.71 bits per heavy atom. The minimum absolute atomic E-state index is 0. The highest BCUT2D eigenvalue weighted by Crippen LogP contribution is 2.28. The number of aliphatic hydroxyl groups is 1. The number of phenols is 2. The van der Waals surface area contributed by atoms with Gasteiger partial charge in [0.1, 0.15) is 11.5 Å². The van der Waals surface area contributed by atoms with Gasteiger partial charge in [-0.1, -0.05) is 12.1 Å². The van der Waals surface area contributed by atoms with Crippen molar-refractivity contribution in [1.82, 2.24) is 14.5 Å². The van der Waals surface area contributed by atoms with Crippen LogP contribution in [0.15, 0.2) is 47.3 Å². The van der Waals surface area contributed by atoms with Gasteiger partial charge >= 0.3 is 5.69 Å². The molecule has 2 heterocycles. The van der Waals surface area contributed by atoms with Crippen LogP contribution in [0.25, 0.3) is 11.0 Å². The van der Waals surface area contributed by atoms with Crippen molar-refractivity contribution in [3.05, 3.63) is 58.5 Å². The van der Waals surface area contributed by atoms with Crippen molar-refractivity contribution in [2.24, 2.45) is 0 Å². The molecule has 1 fully saturated rings. The van der Waals surface area contributed by atoms with Gasteiger partial charge in [-0.15, -0.1) is 12.4 Å². The molecule has 4 rings (SSSR count). The number of H-pyrrole nitrogens is 1. The molecule has 8 heteroatoms. The maximum Gasteiger partial charge on any atom is 0.326 e. The minimum atomic E-state index is -0.796. The molecule has 1 atom stereocenters. The maximum atomic E-state index is 12.4. The van der Waals surface area contributed by atoms with E-state index >= 15 is 0 Å². The Morgan fingerprint density at radius 1 is 1.07 bits per heavy atom. The minimum Gasteiger partial charge on any atom is -0.508 e. The molecular formula is C20H24ClN3O4. The van der Waals surface area contributed by atoms with Crippen molar-refractivity contribution in [3.8, 4) is 11.5 Å². The van der Waals surface area contributed by atoms with Gasteiger partial charge in [0.05, 0.1) is 17.1 Å². The average Bonchev–Trinajstić information content (AvgIpc) is 2.97. The number of nitrogens with one attached hydrogen (secondary N) is 1. The van der Waals surface area contributed by atoms with Crippen LogP contribution in [-0.2, 0) is 0 Å². The van der Waals surface area contributed by atoms with E-state index in [1.807, 2.05) is 28.8 Å². The molecule has 0 spiro atoms. The smallest absolute Gasteiger partial charge is 0.326 e. The zero-order chi connectivity index (χ0) is 19.0. The summed E-state index contributed by atoms with van der Waals surface area (Å²) in [4.78, 5) is 17.4. The summed E-state index contributed by atoms with van der Waals surface area (Å²) in [6.45, 7) is 1.94. The van der Waals surface area contributed by atoms with Crippen molar-refractivity contribution in [2.75, 3.05) is 19.6 Å². The van der Waals surface area contributed by atoms with E-state index in [0.717, 1.165) is 37.0 Å². The SMILES string of the molecule is Cl.O=c1[nH]c2ccccc2n1C1CCN(CC(O)c2cc(O)cc(O)c2)CC1. The summed E-state index contributed by atoms with van der Waals surface area (Å²) >= 11 is 0. The van der Waals surface area contributed by atoms with Crippen molar-refractivity contribution < 1.29 is 15.3 Å². The van der Waals surface area contributed by atoms with E-state index in [-0.39, 0.29) is 35.6 Å². The van der Waals surface area contributed by atoms with Crippen LogP contribution in [0.4, 0.5) is 0 Å². The quantitative estimate of drug-likeness (QED) is 0.534. The Kier molecular flexibility index (Phi) is 5.98. The third-order valence-corrected chi connectivity index (χ3v) is 5.29. The molecule has 2 aromatic carbocycles. The molecule has 1 aliphatic heterocycles. The first-order valence-corrected chi connectivity index (χ1v) is 9.14. The molecule has 0 aliphatic carbocycles. The van der Waals surface area contributed by atoms with Gasteiger partial charge in [-0.25, -0.2) is 4.79 Å². The number of aromatic hydroxyl groups is 2. The van der Waals surface area contributed by atoms with Gasteiger partial charge in [0.15, 0.2) is 0 Å². The number of aromatic amines is 1. The fourth-order valence-corrected chi connectivity index (χ4v) is 3.96. The molecule has 1 unspecified atom stereocenters. The number of hydrogen-bond acceptors (Lipinski definition) is 5. The number of likely N-dealkylation sites (tertiary alicyclic amines) is 1. The van der Waals surface area contributed by atoms with Crippen LogP contribution in [0.5, 0.6) is 11.5 Å². The van der Waals surface area contributed by atoms with Gasteiger partial charge in [0.25, 0.3) is 0 Å². The van der Waals surface area contributed by atoms with Gasteiger partial charge in [-0.05, 0) is 42.7 Å². The molecule has 0 bridgehead atoms. The van der Waals surface area contributed by atoms with Crippen molar-refractivity contribution in [1.29, 1.82) is 0 Å². The summed E-state index contributed by atoms with van der Waals surface area (Å²) in [5.74, 6) is -0.136. The van der Waals surface area contributed by atoms with E-state index in [0.29, 0.717) is 12.1 Å². The number of imidazole rings is 1. The first-order valence-electron chi connectivity index (χ1n) is 9.14. The van der Waals surface area contributed by atoms with Crippen LogP contribution in [0.1, 0.15) is 30.6 Å². The first-order chi connectivity index (χ1) is 13.0. The summed E-state index contributed by atoms with van der Waals surface area (Å²) in [6, 6.07) is 12.0. The van der Waals surface area contributed by atoms with Crippen LogP contribution in [-0.4, -0.2) is 49.4 Å². The number of β-amino-alcohol motifs (C(OH)–C–C–N with tert-alkyl or cyclic N) is 1. The van der Waals surface area contributed by atoms with Crippen LogP contribution in [0.2, 0.25) is 0 Å². The van der Waals surface area contributed by atoms with Gasteiger partial charge < -0.3 is 25.2 Å². The number of hydrogen-bond donors (Lipinski definition) is 4. The molecule has 0 radical (unpaired) electrons. The van der Waals surface area contributed by atoms with Gasteiger partial charge in [0.2, 0.25) is 0 Å². The topological polar surface area (TPSA) is 102 Å². The van der Waals surface area contributed by atoms with E-state index in [1.165, 1.54) is 18.2 Å². The molecule has 1 saturated heterocycles. The lowest BCUT2D eigenvalue weighted by molar-refractivity contribution is 0.0904. The Bertz CT molecular complexity index is 988. The zero-order valence-corrected chi connectivity index (χ0v) is 16.1. The van der Waals surface area contributed by atoms with E-state index < -0.39 is 6.10 Å². The Hall–Kier alpha value is -2.48. The van der Waals surface area contributed by atoms with Gasteiger partial charge in [-0.2, -0.15) is 0 Å². The normalized spacial score (nSPS) is 16.8. The highest BCUT2D eigenvalue weighted by Gasteiger charge is 2.25. The fourth-order valence-electron chi connectivity index (χ4n) is 3.96. The molecule has 4 N–H and O–H groups in total. The maximum absolute atomic E-state index is 12.4. The molecule has 0 saturated carbocycles. The first kappa shape index (κ1) is 20.3. The summed E-state index contributed by atoms with van der Waals surface area (Å²) < 4.78 is 1.84. The summed E-state index contributed by atoms with van der Waals surface area (Å²) in [5.41, 5.74) is 2.19. The lowest BCUT2D eigenvalue weighted by atomic mass is 10.0. The van der Waals surface area contributed by atoms with Crippen LogP contribution in [0, 0.1) is 0 Å². The number of aromatic nitrogens is 2. The lowest BCUT2D eigenvalue weighted by Crippen LogP contribution is -2.39. The second-order valence-corrected chi connectivity index (χ2v) is 7.15. The summed E-state index contributed by atoms with van der Waals surface area (Å²) in [5, 5.41) is 29.6. The molecule has 3 aromatic rings. The van der Waals surface area contributed by atoms with E-state index in [2.05, 4.69) is 9.88 Å². The molecule has 28 heavy (non-hydrogen) atoms. The number of fused-ring (bicyclic) bond motifs is 1. The number of aliphatic hydroxyl groups excluding tert-OH is 1. The third-order valence-electron chi connectivity index (χ3n) is 5.29. The predicted octanol–water partition coefficient (Wildman–Crippen LogP) is 2.53. The molecule has 1 aromatic heterocycles. The van der Waals surface area contributed by atoms with Crippen molar-refractivity contribution in [2.45, 2.75) is 25.0 Å². The lowest BCUT2D eigenvalue weighted by Gasteiger charge is -2.33. The highest BCUT2D eigenvalue weighted by atomic mass is 35.5. The Morgan fingerprint density at radius 3 is 2.39 bits per heavy atom. The third kappa shape index (κ3) is 4.01. The number of phenolic OH excluding ortho intramolecular Hbond substituents is 2. The number of para-hydroxylation sites is 2. The molecule has 0 amide bonds. The van der Waals surface area contributed by atoms with Crippen molar-refractivity contribution in [3.63, 3.8) is 0 Å². The molecule has 1 aliphatic rings. The standard InChI is InChI=1S/C20H23N3O4.ClH/c24-15-9-13(10-16(25)11-15)19(26)12-22-7-5-14(6-8-22)23-18-4-2-1-3-17(18)21-20(23)27;/h1-4,9-11,14,19,24-26H,5-8,12H2,(H,21,27);1H. The predicted molar refractivity (Wildman–Crippen MR) is 109 cm³/mol. The van der Waals surface area contributed by atoms with Crippen LogP contribution in [0.3, 0.4) is 0 Å². The number of piperidine rings is 1. The Balaban J connectivity index is 0.00000225. The van der Waals surface area contributed by atoms with Gasteiger partial charge in [-0.3, -0.25) is 4.57 Å². The summed E-state index contributed by atoms with van der Waals surface area (Å²) in [7, 11) is 0. The second-order valence-electron chi connectivity index (χ2n) is 7.15. The largest absolute Gasteiger partial charge is 0.508 e. The molecule has 7 nitrogen and oxygen atoms in total. The number of rotatable bonds is 4. The number of halogens is 1. The fraction of sp³-hybridized carbons (Fsp3) is 0.350.